The van der Waals surface area contributed by atoms with Crippen molar-refractivity contribution in [2.45, 2.75) is 20.1 Å². The molecule has 2 aromatic carbocycles. The Hall–Kier alpha value is -3.05. The van der Waals surface area contributed by atoms with Crippen LogP contribution in [0.3, 0.4) is 0 Å². The highest BCUT2D eigenvalue weighted by molar-refractivity contribution is 5.90. The van der Waals surface area contributed by atoms with Gasteiger partial charge in [-0.25, -0.2) is 4.79 Å². The van der Waals surface area contributed by atoms with Crippen LogP contribution in [0.5, 0.6) is 5.75 Å². The summed E-state index contributed by atoms with van der Waals surface area (Å²) in [6, 6.07) is 17.8. The minimum atomic E-state index is -0.384. The standard InChI is InChI=1S/C22H23NO4/c1-2-26-22(25)11-8-19-14-18-15-20(9-10-21(18)23(19)12-13-24)27-16-17-6-4-3-5-7-17/h3-11,14-15,24H,2,12-13,16H2,1H3. The predicted molar refractivity (Wildman–Crippen MR) is 105 cm³/mol. The van der Waals surface area contributed by atoms with Gasteiger partial charge in [0.1, 0.15) is 12.4 Å². The zero-order chi connectivity index (χ0) is 19.1. The van der Waals surface area contributed by atoms with E-state index in [-0.39, 0.29) is 12.6 Å². The molecule has 0 atom stereocenters. The molecule has 0 fully saturated rings. The first-order valence-electron chi connectivity index (χ1n) is 8.97. The molecule has 3 rings (SSSR count). The molecule has 3 aromatic rings. The molecule has 0 amide bonds. The van der Waals surface area contributed by atoms with Crippen LogP contribution in [0.1, 0.15) is 18.2 Å². The van der Waals surface area contributed by atoms with Crippen molar-refractivity contribution in [2.75, 3.05) is 13.2 Å². The summed E-state index contributed by atoms with van der Waals surface area (Å²) in [6.45, 7) is 3.06. The molecule has 1 N–H and O–H groups in total. The molecule has 0 spiro atoms. The predicted octanol–water partition coefficient (Wildman–Crippen LogP) is 3.79. The van der Waals surface area contributed by atoms with Crippen molar-refractivity contribution in [3.8, 4) is 5.75 Å². The van der Waals surface area contributed by atoms with Crippen LogP contribution in [-0.4, -0.2) is 28.9 Å². The van der Waals surface area contributed by atoms with Crippen molar-refractivity contribution in [3.63, 3.8) is 0 Å². The van der Waals surface area contributed by atoms with E-state index in [2.05, 4.69) is 0 Å². The summed E-state index contributed by atoms with van der Waals surface area (Å²) in [6.07, 6.45) is 3.11. The third-order valence-electron chi connectivity index (χ3n) is 4.15. The van der Waals surface area contributed by atoms with Crippen molar-refractivity contribution in [3.05, 3.63) is 71.9 Å². The summed E-state index contributed by atoms with van der Waals surface area (Å²) in [5.74, 6) is 0.388. The van der Waals surface area contributed by atoms with E-state index < -0.39 is 0 Å². The molecule has 5 heteroatoms. The van der Waals surface area contributed by atoms with Gasteiger partial charge in [0.2, 0.25) is 0 Å². The van der Waals surface area contributed by atoms with E-state index in [0.717, 1.165) is 27.9 Å². The monoisotopic (exact) mass is 365 g/mol. The molecule has 0 bridgehead atoms. The lowest BCUT2D eigenvalue weighted by Crippen LogP contribution is -2.04. The minimum absolute atomic E-state index is 0.0102. The topological polar surface area (TPSA) is 60.7 Å². The zero-order valence-electron chi connectivity index (χ0n) is 15.3. The summed E-state index contributed by atoms with van der Waals surface area (Å²) in [7, 11) is 0. The van der Waals surface area contributed by atoms with Gasteiger partial charge >= 0.3 is 5.97 Å². The van der Waals surface area contributed by atoms with Crippen LogP contribution in [0.15, 0.2) is 60.7 Å². The Kier molecular flexibility index (Phi) is 6.28. The Bertz CT molecular complexity index is 928. The Balaban J connectivity index is 1.84. The second-order valence-corrected chi connectivity index (χ2v) is 6.02. The number of aliphatic hydroxyl groups excluding tert-OH is 1. The van der Waals surface area contributed by atoms with E-state index in [0.29, 0.717) is 19.8 Å². The molecule has 0 aliphatic heterocycles. The molecule has 0 radical (unpaired) electrons. The second kappa shape index (κ2) is 9.05. The summed E-state index contributed by atoms with van der Waals surface area (Å²) >= 11 is 0. The molecule has 0 saturated carbocycles. The fourth-order valence-electron chi connectivity index (χ4n) is 2.93. The highest BCUT2D eigenvalue weighted by Crippen LogP contribution is 2.26. The Morgan fingerprint density at radius 3 is 2.70 bits per heavy atom. The average Bonchev–Trinajstić information content (AvgIpc) is 3.03. The summed E-state index contributed by atoms with van der Waals surface area (Å²) < 4.78 is 12.8. The fraction of sp³-hybridized carbons (Fsp3) is 0.227. The van der Waals surface area contributed by atoms with Gasteiger partial charge in [0.05, 0.1) is 13.2 Å². The Morgan fingerprint density at radius 1 is 1.15 bits per heavy atom. The van der Waals surface area contributed by atoms with Gasteiger partial charge in [0.15, 0.2) is 0 Å². The van der Waals surface area contributed by atoms with Crippen LogP contribution in [0.4, 0.5) is 0 Å². The number of aromatic nitrogens is 1. The minimum Gasteiger partial charge on any atom is -0.489 e. The fourth-order valence-corrected chi connectivity index (χ4v) is 2.93. The number of carbonyl (C=O) groups is 1. The second-order valence-electron chi connectivity index (χ2n) is 6.02. The summed E-state index contributed by atoms with van der Waals surface area (Å²) in [4.78, 5) is 11.6. The highest BCUT2D eigenvalue weighted by Gasteiger charge is 2.09. The van der Waals surface area contributed by atoms with E-state index in [9.17, 15) is 9.90 Å². The quantitative estimate of drug-likeness (QED) is 0.487. The van der Waals surface area contributed by atoms with Crippen LogP contribution < -0.4 is 4.74 Å². The van der Waals surface area contributed by atoms with E-state index in [1.54, 1.807) is 13.0 Å². The number of aliphatic hydroxyl groups is 1. The number of nitrogens with zero attached hydrogens (tertiary/aromatic N) is 1. The van der Waals surface area contributed by atoms with Crippen LogP contribution in [0.2, 0.25) is 0 Å². The molecule has 1 heterocycles. The normalized spacial score (nSPS) is 11.2. The first kappa shape index (κ1) is 18.7. The Morgan fingerprint density at radius 2 is 1.96 bits per heavy atom. The van der Waals surface area contributed by atoms with Gasteiger partial charge in [-0.3, -0.25) is 0 Å². The lowest BCUT2D eigenvalue weighted by atomic mass is 10.2. The SMILES string of the molecule is CCOC(=O)C=Cc1cc2cc(OCc3ccccc3)ccc2n1CCO. The van der Waals surface area contributed by atoms with E-state index in [1.807, 2.05) is 59.2 Å². The van der Waals surface area contributed by atoms with Gasteiger partial charge in [-0.2, -0.15) is 0 Å². The number of ether oxygens (including phenoxy) is 2. The summed E-state index contributed by atoms with van der Waals surface area (Å²) in [5, 5.41) is 10.4. The molecule has 1 aromatic heterocycles. The van der Waals surface area contributed by atoms with Crippen molar-refractivity contribution >= 4 is 22.9 Å². The number of hydrogen-bond acceptors (Lipinski definition) is 4. The molecular formula is C22H23NO4. The van der Waals surface area contributed by atoms with Gasteiger partial charge in [0.25, 0.3) is 0 Å². The van der Waals surface area contributed by atoms with Crippen LogP contribution in [-0.2, 0) is 22.7 Å². The number of benzene rings is 2. The lowest BCUT2D eigenvalue weighted by Gasteiger charge is -2.08. The number of rotatable bonds is 8. The third kappa shape index (κ3) is 4.77. The number of carbonyl (C=O) groups excluding carboxylic acids is 1. The third-order valence-corrected chi connectivity index (χ3v) is 4.15. The lowest BCUT2D eigenvalue weighted by molar-refractivity contribution is -0.137. The number of fused-ring (bicyclic) bond motifs is 1. The first-order valence-corrected chi connectivity index (χ1v) is 8.97. The van der Waals surface area contributed by atoms with Crippen LogP contribution >= 0.6 is 0 Å². The number of hydrogen-bond donors (Lipinski definition) is 1. The molecule has 140 valence electrons. The van der Waals surface area contributed by atoms with Crippen molar-refractivity contribution < 1.29 is 19.4 Å². The van der Waals surface area contributed by atoms with Crippen molar-refractivity contribution in [1.82, 2.24) is 4.57 Å². The molecule has 0 aliphatic rings. The molecule has 5 nitrogen and oxygen atoms in total. The maximum atomic E-state index is 11.6. The van der Waals surface area contributed by atoms with Gasteiger partial charge in [-0.05, 0) is 42.8 Å². The number of esters is 1. The largest absolute Gasteiger partial charge is 0.489 e. The van der Waals surface area contributed by atoms with Crippen molar-refractivity contribution in [1.29, 1.82) is 0 Å². The molecule has 0 unspecified atom stereocenters. The van der Waals surface area contributed by atoms with E-state index in [4.69, 9.17) is 9.47 Å². The molecule has 0 saturated heterocycles. The first-order chi connectivity index (χ1) is 13.2. The van der Waals surface area contributed by atoms with E-state index >= 15 is 0 Å². The van der Waals surface area contributed by atoms with Crippen LogP contribution in [0.25, 0.3) is 17.0 Å². The van der Waals surface area contributed by atoms with Gasteiger partial charge in [0, 0.05) is 29.2 Å². The molecular weight excluding hydrogens is 342 g/mol. The van der Waals surface area contributed by atoms with Gasteiger partial charge in [-0.15, -0.1) is 0 Å². The average molecular weight is 365 g/mol. The van der Waals surface area contributed by atoms with Crippen LogP contribution in [0, 0.1) is 0 Å². The van der Waals surface area contributed by atoms with Gasteiger partial charge in [-0.1, -0.05) is 30.3 Å². The molecule has 27 heavy (non-hydrogen) atoms. The Labute approximate surface area is 158 Å². The maximum Gasteiger partial charge on any atom is 0.330 e. The van der Waals surface area contributed by atoms with E-state index in [1.165, 1.54) is 6.08 Å². The maximum absolute atomic E-state index is 11.6. The zero-order valence-corrected chi connectivity index (χ0v) is 15.3. The highest BCUT2D eigenvalue weighted by atomic mass is 16.5. The summed E-state index contributed by atoms with van der Waals surface area (Å²) in [5.41, 5.74) is 2.90. The smallest absolute Gasteiger partial charge is 0.330 e. The molecule has 0 aliphatic carbocycles. The van der Waals surface area contributed by atoms with Crippen molar-refractivity contribution in [2.24, 2.45) is 0 Å². The van der Waals surface area contributed by atoms with Gasteiger partial charge < -0.3 is 19.1 Å².